The summed E-state index contributed by atoms with van der Waals surface area (Å²) >= 11 is 0. The van der Waals surface area contributed by atoms with Crippen LogP contribution in [0.4, 0.5) is 5.95 Å². The Morgan fingerprint density at radius 2 is 1.64 bits per heavy atom. The maximum absolute atomic E-state index is 4.16. The van der Waals surface area contributed by atoms with E-state index in [1.165, 1.54) is 19.3 Å². The van der Waals surface area contributed by atoms with Gasteiger partial charge in [-0.3, -0.25) is 9.97 Å². The first-order valence-electron chi connectivity index (χ1n) is 4.40. The molecule has 14 heavy (non-hydrogen) atoms. The van der Waals surface area contributed by atoms with E-state index in [1.54, 1.807) is 12.4 Å². The van der Waals surface area contributed by atoms with Crippen molar-refractivity contribution in [3.05, 3.63) is 18.5 Å². The van der Waals surface area contributed by atoms with Gasteiger partial charge in [-0.05, 0) is 19.3 Å². The second kappa shape index (κ2) is 7.42. The van der Waals surface area contributed by atoms with Crippen LogP contribution in [0.15, 0.2) is 12.4 Å². The van der Waals surface area contributed by atoms with Gasteiger partial charge >= 0.3 is 23.1 Å². The molecular weight excluding hydrogens is 254 g/mol. The first-order chi connectivity index (χ1) is 5.97. The molecule has 1 aliphatic rings. The molecular formula is C9H12BrMgN3. The van der Waals surface area contributed by atoms with Gasteiger partial charge in [0.15, 0.2) is 0 Å². The van der Waals surface area contributed by atoms with Gasteiger partial charge in [-0.25, -0.2) is 0 Å². The fourth-order valence-electron chi connectivity index (χ4n) is 1.51. The molecule has 72 valence electrons. The van der Waals surface area contributed by atoms with Crippen LogP contribution in [0.2, 0.25) is 0 Å². The number of aromatic nitrogens is 2. The molecule has 0 bridgehead atoms. The summed E-state index contributed by atoms with van der Waals surface area (Å²) in [6.07, 6.45) is 7.23. The normalized spacial score (nSPS) is 15.3. The molecule has 0 aliphatic carbocycles. The minimum Gasteiger partial charge on any atom is -1.00 e. The van der Waals surface area contributed by atoms with Gasteiger partial charge in [-0.15, -0.1) is 12.4 Å². The predicted molar refractivity (Wildman–Crippen MR) is 52.7 cm³/mol. The Bertz CT molecular complexity index is 239. The molecule has 1 saturated heterocycles. The Balaban J connectivity index is 0.000000845. The molecule has 0 N–H and O–H groups in total. The molecule has 1 aliphatic heterocycles. The van der Waals surface area contributed by atoms with E-state index >= 15 is 0 Å². The second-order valence-electron chi connectivity index (χ2n) is 3.03. The van der Waals surface area contributed by atoms with Crippen molar-refractivity contribution >= 4 is 29.0 Å². The fraction of sp³-hybridized carbons (Fsp3) is 0.556. The minimum absolute atomic E-state index is 0. The third-order valence-electron chi connectivity index (χ3n) is 2.15. The number of rotatable bonds is 1. The summed E-state index contributed by atoms with van der Waals surface area (Å²) in [5.74, 6) is 0.855. The topological polar surface area (TPSA) is 29.0 Å². The number of piperidine rings is 1. The van der Waals surface area contributed by atoms with Gasteiger partial charge in [-0.1, -0.05) is 0 Å². The van der Waals surface area contributed by atoms with Crippen LogP contribution in [0.5, 0.6) is 0 Å². The molecule has 1 aromatic rings. The van der Waals surface area contributed by atoms with E-state index in [2.05, 4.69) is 20.9 Å². The van der Waals surface area contributed by atoms with Crippen LogP contribution < -0.4 is 21.9 Å². The Hall–Kier alpha value is 0.126. The third kappa shape index (κ3) is 3.71. The standard InChI is InChI=1S/C9H12N3.BrH.Mg/c1-2-7-12(8-3-1)9-10-5-4-6-11-9;;/h5-6H,1-3,7-8H2;1H;/q-1;;+2/p-1. The van der Waals surface area contributed by atoms with E-state index in [0.29, 0.717) is 0 Å². The van der Waals surface area contributed by atoms with Crippen LogP contribution in [0.25, 0.3) is 0 Å². The first kappa shape index (κ1) is 14.1. The van der Waals surface area contributed by atoms with E-state index < -0.39 is 0 Å². The SMILES string of the molecule is [Br-].[Mg+2].[c-]1cnc(N2CCCCC2)nc1. The van der Waals surface area contributed by atoms with Crippen LogP contribution in [0.1, 0.15) is 19.3 Å². The zero-order valence-corrected chi connectivity index (χ0v) is 11.1. The van der Waals surface area contributed by atoms with Gasteiger partial charge in [0.1, 0.15) is 0 Å². The van der Waals surface area contributed by atoms with Crippen molar-refractivity contribution in [1.29, 1.82) is 0 Å². The van der Waals surface area contributed by atoms with Crippen molar-refractivity contribution in [2.24, 2.45) is 0 Å². The zero-order chi connectivity index (χ0) is 8.23. The molecule has 0 amide bonds. The van der Waals surface area contributed by atoms with Crippen LogP contribution in [0.3, 0.4) is 0 Å². The zero-order valence-electron chi connectivity index (χ0n) is 8.12. The van der Waals surface area contributed by atoms with Crippen molar-refractivity contribution < 1.29 is 17.0 Å². The van der Waals surface area contributed by atoms with Gasteiger partial charge in [-0.2, -0.15) is 0 Å². The summed E-state index contributed by atoms with van der Waals surface area (Å²) in [7, 11) is 0. The van der Waals surface area contributed by atoms with Gasteiger partial charge in [0.25, 0.3) is 0 Å². The van der Waals surface area contributed by atoms with Gasteiger partial charge in [0, 0.05) is 13.1 Å². The van der Waals surface area contributed by atoms with Crippen molar-refractivity contribution in [1.82, 2.24) is 9.97 Å². The largest absolute Gasteiger partial charge is 2.00 e. The van der Waals surface area contributed by atoms with E-state index in [1.807, 2.05) is 0 Å². The number of nitrogens with zero attached hydrogens (tertiary/aromatic N) is 3. The van der Waals surface area contributed by atoms with Crippen LogP contribution in [-0.4, -0.2) is 46.1 Å². The average molecular weight is 266 g/mol. The molecule has 0 saturated carbocycles. The van der Waals surface area contributed by atoms with Gasteiger partial charge in [0.05, 0.1) is 0 Å². The summed E-state index contributed by atoms with van der Waals surface area (Å²) in [6.45, 7) is 2.20. The Morgan fingerprint density at radius 1 is 1.07 bits per heavy atom. The van der Waals surface area contributed by atoms with Crippen molar-refractivity contribution in [3.63, 3.8) is 0 Å². The molecule has 1 aromatic heterocycles. The Labute approximate surface area is 111 Å². The number of hydrogen-bond acceptors (Lipinski definition) is 3. The van der Waals surface area contributed by atoms with Crippen LogP contribution >= 0.6 is 0 Å². The molecule has 0 atom stereocenters. The Morgan fingerprint density at radius 3 is 2.21 bits per heavy atom. The first-order valence-corrected chi connectivity index (χ1v) is 4.40. The Kier molecular flexibility index (Phi) is 7.49. The van der Waals surface area contributed by atoms with Gasteiger partial charge < -0.3 is 27.9 Å². The molecule has 5 heteroatoms. The fourth-order valence-corrected chi connectivity index (χ4v) is 1.51. The number of hydrogen-bond donors (Lipinski definition) is 0. The molecule has 3 nitrogen and oxygen atoms in total. The predicted octanol–water partition coefficient (Wildman–Crippen LogP) is -2.11. The molecule has 0 spiro atoms. The summed E-state index contributed by atoms with van der Waals surface area (Å²) in [5.41, 5.74) is 0. The van der Waals surface area contributed by atoms with E-state index in [-0.39, 0.29) is 40.0 Å². The minimum atomic E-state index is 0. The number of halogens is 1. The molecule has 2 rings (SSSR count). The van der Waals surface area contributed by atoms with E-state index in [4.69, 9.17) is 0 Å². The van der Waals surface area contributed by atoms with E-state index in [0.717, 1.165) is 19.0 Å². The second-order valence-corrected chi connectivity index (χ2v) is 3.03. The van der Waals surface area contributed by atoms with E-state index in [9.17, 15) is 0 Å². The maximum Gasteiger partial charge on any atom is 2.00 e. The third-order valence-corrected chi connectivity index (χ3v) is 2.15. The maximum atomic E-state index is 4.16. The molecule has 0 radical (unpaired) electrons. The molecule has 2 heterocycles. The monoisotopic (exact) mass is 265 g/mol. The summed E-state index contributed by atoms with van der Waals surface area (Å²) in [4.78, 5) is 10.6. The average Bonchev–Trinajstić information content (AvgIpc) is 2.21. The van der Waals surface area contributed by atoms with Crippen LogP contribution in [-0.2, 0) is 0 Å². The van der Waals surface area contributed by atoms with Gasteiger partial charge in [0.2, 0.25) is 5.95 Å². The molecule has 1 fully saturated rings. The molecule has 0 aromatic carbocycles. The van der Waals surface area contributed by atoms with Crippen molar-refractivity contribution in [3.8, 4) is 0 Å². The smallest absolute Gasteiger partial charge is 1.00 e. The van der Waals surface area contributed by atoms with Crippen LogP contribution in [0, 0.1) is 6.07 Å². The van der Waals surface area contributed by atoms with Crippen molar-refractivity contribution in [2.75, 3.05) is 18.0 Å². The van der Waals surface area contributed by atoms with Crippen molar-refractivity contribution in [2.45, 2.75) is 19.3 Å². The summed E-state index contributed by atoms with van der Waals surface area (Å²) in [6, 6.07) is 2.82. The number of anilines is 1. The molecule has 0 unspecified atom stereocenters. The summed E-state index contributed by atoms with van der Waals surface area (Å²) in [5, 5.41) is 0. The quantitative estimate of drug-likeness (QED) is 0.430. The summed E-state index contributed by atoms with van der Waals surface area (Å²) < 4.78 is 0.